The number of fused-ring (bicyclic) bond motifs is 1. The molecule has 1 atom stereocenters. The average molecular weight is 229 g/mol. The van der Waals surface area contributed by atoms with Crippen LogP contribution in [0.4, 0.5) is 5.69 Å². The molecule has 1 unspecified atom stereocenters. The normalized spacial score (nSPS) is 25.6. The predicted octanol–water partition coefficient (Wildman–Crippen LogP) is 4.48. The number of anilines is 1. The number of rotatable bonds is 1. The third kappa shape index (κ3) is 1.76. The lowest BCUT2D eigenvalue weighted by Gasteiger charge is -2.41. The summed E-state index contributed by atoms with van der Waals surface area (Å²) >= 11 is 0. The van der Waals surface area contributed by atoms with E-state index in [0.717, 1.165) is 12.3 Å². The molecule has 1 aliphatic carbocycles. The van der Waals surface area contributed by atoms with Crippen molar-refractivity contribution in [2.75, 3.05) is 5.32 Å². The van der Waals surface area contributed by atoms with Crippen molar-refractivity contribution in [2.45, 2.75) is 63.8 Å². The number of hydrogen-bond acceptors (Lipinski definition) is 1. The fraction of sp³-hybridized carbons (Fsp3) is 0.625. The number of benzene rings is 1. The van der Waals surface area contributed by atoms with E-state index in [0.29, 0.717) is 5.54 Å². The topological polar surface area (TPSA) is 12.0 Å². The molecule has 1 N–H and O–H groups in total. The van der Waals surface area contributed by atoms with E-state index in [9.17, 15) is 0 Å². The fourth-order valence-electron chi connectivity index (χ4n) is 4.02. The number of hydrogen-bond donors (Lipinski definition) is 1. The molecule has 1 aromatic rings. The van der Waals surface area contributed by atoms with Crippen LogP contribution in [0.3, 0.4) is 0 Å². The summed E-state index contributed by atoms with van der Waals surface area (Å²) in [6, 6.07) is 6.79. The third-order valence-corrected chi connectivity index (χ3v) is 4.73. The standard InChI is InChI=1S/C16H23N/c1-3-13-7-6-8-14-15(13)12(2)11-16(17-14)9-4-5-10-16/h6-8,12,17H,3-5,9-11H2,1-2H3. The molecule has 92 valence electrons. The first kappa shape index (κ1) is 11.1. The van der Waals surface area contributed by atoms with Crippen molar-refractivity contribution in [1.82, 2.24) is 0 Å². The van der Waals surface area contributed by atoms with Gasteiger partial charge in [-0.1, -0.05) is 38.8 Å². The van der Waals surface area contributed by atoms with Gasteiger partial charge in [0.2, 0.25) is 0 Å². The Bertz CT molecular complexity index is 416. The monoisotopic (exact) mass is 229 g/mol. The van der Waals surface area contributed by atoms with Gasteiger partial charge in [-0.05, 0) is 48.8 Å². The molecule has 1 saturated carbocycles. The van der Waals surface area contributed by atoms with Crippen LogP contribution in [0.15, 0.2) is 18.2 Å². The molecule has 1 heterocycles. The summed E-state index contributed by atoms with van der Waals surface area (Å²) in [6.07, 6.45) is 8.03. The van der Waals surface area contributed by atoms with Crippen LogP contribution >= 0.6 is 0 Å². The molecule has 3 rings (SSSR count). The molecular formula is C16H23N. The van der Waals surface area contributed by atoms with Crippen LogP contribution < -0.4 is 5.32 Å². The lowest BCUT2D eigenvalue weighted by Crippen LogP contribution is -2.40. The van der Waals surface area contributed by atoms with Crippen LogP contribution in [-0.4, -0.2) is 5.54 Å². The van der Waals surface area contributed by atoms with E-state index >= 15 is 0 Å². The van der Waals surface area contributed by atoms with E-state index < -0.39 is 0 Å². The van der Waals surface area contributed by atoms with E-state index in [1.807, 2.05) is 0 Å². The van der Waals surface area contributed by atoms with Gasteiger partial charge in [-0.3, -0.25) is 0 Å². The molecule has 1 fully saturated rings. The third-order valence-electron chi connectivity index (χ3n) is 4.73. The molecule has 0 amide bonds. The van der Waals surface area contributed by atoms with Gasteiger partial charge >= 0.3 is 0 Å². The van der Waals surface area contributed by atoms with Crippen molar-refractivity contribution in [1.29, 1.82) is 0 Å². The van der Waals surface area contributed by atoms with Crippen molar-refractivity contribution >= 4 is 5.69 Å². The lowest BCUT2D eigenvalue weighted by molar-refractivity contribution is 0.395. The summed E-state index contributed by atoms with van der Waals surface area (Å²) in [5.41, 5.74) is 4.98. The van der Waals surface area contributed by atoms with Gasteiger partial charge in [-0.2, -0.15) is 0 Å². The lowest BCUT2D eigenvalue weighted by atomic mass is 9.77. The number of nitrogens with one attached hydrogen (secondary N) is 1. The first-order chi connectivity index (χ1) is 8.24. The van der Waals surface area contributed by atoms with Gasteiger partial charge in [0, 0.05) is 11.2 Å². The maximum atomic E-state index is 3.88. The highest BCUT2D eigenvalue weighted by Gasteiger charge is 2.39. The number of aryl methyl sites for hydroxylation is 1. The molecule has 1 nitrogen and oxygen atoms in total. The molecule has 0 bridgehead atoms. The smallest absolute Gasteiger partial charge is 0.0382 e. The zero-order chi connectivity index (χ0) is 11.9. The predicted molar refractivity (Wildman–Crippen MR) is 73.7 cm³/mol. The van der Waals surface area contributed by atoms with Crippen LogP contribution in [-0.2, 0) is 6.42 Å². The van der Waals surface area contributed by atoms with Gasteiger partial charge in [0.05, 0.1) is 0 Å². The minimum Gasteiger partial charge on any atom is -0.379 e. The second-order valence-corrected chi connectivity index (χ2v) is 5.95. The second kappa shape index (κ2) is 4.04. The van der Waals surface area contributed by atoms with Crippen molar-refractivity contribution in [2.24, 2.45) is 0 Å². The zero-order valence-corrected chi connectivity index (χ0v) is 11.1. The van der Waals surface area contributed by atoms with Crippen LogP contribution in [0.2, 0.25) is 0 Å². The Morgan fingerprint density at radius 1 is 1.29 bits per heavy atom. The van der Waals surface area contributed by atoms with Crippen molar-refractivity contribution in [3.05, 3.63) is 29.3 Å². The van der Waals surface area contributed by atoms with Crippen molar-refractivity contribution in [3.63, 3.8) is 0 Å². The van der Waals surface area contributed by atoms with E-state index in [1.54, 1.807) is 5.56 Å². The Kier molecular flexibility index (Phi) is 2.65. The largest absolute Gasteiger partial charge is 0.379 e. The molecule has 0 aromatic heterocycles. The summed E-state index contributed by atoms with van der Waals surface area (Å²) in [4.78, 5) is 0. The molecule has 2 aliphatic rings. The Labute approximate surface area is 105 Å². The Hall–Kier alpha value is -0.980. The van der Waals surface area contributed by atoms with E-state index in [4.69, 9.17) is 0 Å². The van der Waals surface area contributed by atoms with Crippen LogP contribution in [0.5, 0.6) is 0 Å². The Morgan fingerprint density at radius 3 is 2.76 bits per heavy atom. The van der Waals surface area contributed by atoms with Crippen LogP contribution in [0.25, 0.3) is 0 Å². The average Bonchev–Trinajstić information content (AvgIpc) is 2.76. The van der Waals surface area contributed by atoms with Gasteiger partial charge < -0.3 is 5.32 Å². The quantitative estimate of drug-likeness (QED) is 0.748. The maximum absolute atomic E-state index is 3.88. The fourth-order valence-corrected chi connectivity index (χ4v) is 4.02. The molecule has 1 aromatic carbocycles. The summed E-state index contributed by atoms with van der Waals surface area (Å²) < 4.78 is 0. The van der Waals surface area contributed by atoms with Gasteiger partial charge in [0.1, 0.15) is 0 Å². The van der Waals surface area contributed by atoms with E-state index in [-0.39, 0.29) is 0 Å². The first-order valence-corrected chi connectivity index (χ1v) is 7.14. The van der Waals surface area contributed by atoms with Gasteiger partial charge in [-0.15, -0.1) is 0 Å². The zero-order valence-electron chi connectivity index (χ0n) is 11.1. The molecule has 17 heavy (non-hydrogen) atoms. The molecule has 1 spiro atoms. The summed E-state index contributed by atoms with van der Waals surface area (Å²) in [7, 11) is 0. The SMILES string of the molecule is CCc1cccc2c1C(C)CC1(CCCC1)N2. The van der Waals surface area contributed by atoms with Crippen LogP contribution in [0, 0.1) is 0 Å². The summed E-state index contributed by atoms with van der Waals surface area (Å²) in [5, 5.41) is 3.88. The first-order valence-electron chi connectivity index (χ1n) is 7.14. The minimum atomic E-state index is 0.429. The minimum absolute atomic E-state index is 0.429. The summed E-state index contributed by atoms with van der Waals surface area (Å²) in [6.45, 7) is 4.68. The van der Waals surface area contributed by atoms with Crippen molar-refractivity contribution in [3.8, 4) is 0 Å². The molecule has 0 saturated heterocycles. The molecule has 1 heteroatoms. The molecular weight excluding hydrogens is 206 g/mol. The highest BCUT2D eigenvalue weighted by atomic mass is 15.0. The summed E-state index contributed by atoms with van der Waals surface area (Å²) in [5.74, 6) is 0.723. The van der Waals surface area contributed by atoms with Gasteiger partial charge in [0.25, 0.3) is 0 Å². The van der Waals surface area contributed by atoms with Gasteiger partial charge in [-0.25, -0.2) is 0 Å². The molecule has 0 radical (unpaired) electrons. The Balaban J connectivity index is 2.01. The van der Waals surface area contributed by atoms with Crippen LogP contribution in [0.1, 0.15) is 63.0 Å². The van der Waals surface area contributed by atoms with Gasteiger partial charge in [0.15, 0.2) is 0 Å². The van der Waals surface area contributed by atoms with Crippen molar-refractivity contribution < 1.29 is 0 Å². The van der Waals surface area contributed by atoms with E-state index in [1.165, 1.54) is 43.4 Å². The maximum Gasteiger partial charge on any atom is 0.0382 e. The van der Waals surface area contributed by atoms with E-state index in [2.05, 4.69) is 37.4 Å². The Morgan fingerprint density at radius 2 is 2.06 bits per heavy atom. The highest BCUT2D eigenvalue weighted by Crippen LogP contribution is 2.47. The highest BCUT2D eigenvalue weighted by molar-refractivity contribution is 5.60. The second-order valence-electron chi connectivity index (χ2n) is 5.95. The molecule has 1 aliphatic heterocycles.